The normalized spacial score (nSPS) is 10.9. The van der Waals surface area contributed by atoms with Gasteiger partial charge in [-0.1, -0.05) is 30.3 Å². The van der Waals surface area contributed by atoms with Crippen molar-refractivity contribution in [3.8, 4) is 11.3 Å². The van der Waals surface area contributed by atoms with Crippen molar-refractivity contribution < 1.29 is 0 Å². The summed E-state index contributed by atoms with van der Waals surface area (Å²) in [5.74, 6) is 0.594. The Morgan fingerprint density at radius 3 is 2.71 bits per heavy atom. The molecule has 4 nitrogen and oxygen atoms in total. The second kappa shape index (κ2) is 3.99. The van der Waals surface area contributed by atoms with Gasteiger partial charge in [0.25, 0.3) is 0 Å². The highest BCUT2D eigenvalue weighted by atomic mass is 127. The first kappa shape index (κ1) is 10.5. The van der Waals surface area contributed by atoms with Gasteiger partial charge in [-0.25, -0.2) is 4.98 Å². The lowest BCUT2D eigenvalue weighted by Gasteiger charge is -2.04. The summed E-state index contributed by atoms with van der Waals surface area (Å²) in [6.07, 6.45) is 1.76. The molecule has 0 unspecified atom stereocenters. The Kier molecular flexibility index (Phi) is 2.47. The smallest absolute Gasteiger partial charge is 0.171 e. The van der Waals surface area contributed by atoms with Crippen LogP contribution in [0.15, 0.2) is 42.6 Å². The van der Waals surface area contributed by atoms with Crippen LogP contribution in [0.25, 0.3) is 16.9 Å². The Morgan fingerprint density at radius 2 is 1.94 bits per heavy atom. The zero-order valence-electron chi connectivity index (χ0n) is 8.84. The number of benzene rings is 1. The predicted molar refractivity (Wildman–Crippen MR) is 75.6 cm³/mol. The van der Waals surface area contributed by atoms with Gasteiger partial charge in [-0.2, -0.15) is 9.61 Å². The van der Waals surface area contributed by atoms with Gasteiger partial charge >= 0.3 is 0 Å². The van der Waals surface area contributed by atoms with Crippen molar-refractivity contribution in [2.75, 3.05) is 5.73 Å². The monoisotopic (exact) mass is 336 g/mol. The summed E-state index contributed by atoms with van der Waals surface area (Å²) in [6.45, 7) is 0. The number of hydrogen-bond donors (Lipinski definition) is 1. The van der Waals surface area contributed by atoms with Gasteiger partial charge in [0.05, 0.1) is 15.5 Å². The van der Waals surface area contributed by atoms with E-state index < -0.39 is 0 Å². The van der Waals surface area contributed by atoms with Crippen LogP contribution in [0, 0.1) is 3.57 Å². The van der Waals surface area contributed by atoms with Gasteiger partial charge < -0.3 is 5.73 Å². The molecule has 84 valence electrons. The van der Waals surface area contributed by atoms with Crippen LogP contribution < -0.4 is 5.73 Å². The lowest BCUT2D eigenvalue weighted by molar-refractivity contribution is 0.954. The number of fused-ring (bicyclic) bond motifs is 1. The minimum absolute atomic E-state index is 0.594. The van der Waals surface area contributed by atoms with Gasteiger partial charge in [-0.05, 0) is 22.6 Å². The average molecular weight is 336 g/mol. The molecule has 17 heavy (non-hydrogen) atoms. The molecular weight excluding hydrogens is 327 g/mol. The second-order valence-electron chi connectivity index (χ2n) is 3.66. The van der Waals surface area contributed by atoms with E-state index in [1.165, 1.54) is 0 Å². The van der Waals surface area contributed by atoms with Crippen molar-refractivity contribution in [3.63, 3.8) is 0 Å². The molecule has 0 spiro atoms. The summed E-state index contributed by atoms with van der Waals surface area (Å²) in [5.41, 5.74) is 8.68. The SMILES string of the molecule is Nc1cc(-c2ccccc2)nc2c(I)cnn12. The van der Waals surface area contributed by atoms with Crippen molar-refractivity contribution in [1.29, 1.82) is 0 Å². The Bertz CT molecular complexity index is 676. The third kappa shape index (κ3) is 1.76. The zero-order valence-corrected chi connectivity index (χ0v) is 11.0. The summed E-state index contributed by atoms with van der Waals surface area (Å²) in [4.78, 5) is 4.58. The highest BCUT2D eigenvalue weighted by Gasteiger charge is 2.08. The summed E-state index contributed by atoms with van der Waals surface area (Å²) in [7, 11) is 0. The highest BCUT2D eigenvalue weighted by Crippen LogP contribution is 2.22. The van der Waals surface area contributed by atoms with Crippen LogP contribution in [-0.2, 0) is 0 Å². The van der Waals surface area contributed by atoms with E-state index in [1.54, 1.807) is 10.7 Å². The van der Waals surface area contributed by atoms with E-state index >= 15 is 0 Å². The van der Waals surface area contributed by atoms with Crippen LogP contribution in [0.3, 0.4) is 0 Å². The first-order valence-electron chi connectivity index (χ1n) is 5.11. The van der Waals surface area contributed by atoms with E-state index in [2.05, 4.69) is 32.7 Å². The van der Waals surface area contributed by atoms with Gasteiger partial charge in [0.2, 0.25) is 0 Å². The molecule has 2 aromatic heterocycles. The average Bonchev–Trinajstić information content (AvgIpc) is 2.73. The lowest BCUT2D eigenvalue weighted by atomic mass is 10.1. The third-order valence-electron chi connectivity index (χ3n) is 2.53. The molecule has 0 atom stereocenters. The first-order valence-corrected chi connectivity index (χ1v) is 6.19. The van der Waals surface area contributed by atoms with E-state index in [1.807, 2.05) is 36.4 Å². The van der Waals surface area contributed by atoms with Gasteiger partial charge in [-0.3, -0.25) is 0 Å². The van der Waals surface area contributed by atoms with Crippen LogP contribution in [0.2, 0.25) is 0 Å². The molecule has 0 aliphatic rings. The number of nitrogen functional groups attached to an aromatic ring is 1. The molecule has 0 aliphatic carbocycles. The van der Waals surface area contributed by atoms with Gasteiger partial charge in [-0.15, -0.1) is 0 Å². The maximum Gasteiger partial charge on any atom is 0.171 e. The fourth-order valence-electron chi connectivity index (χ4n) is 1.72. The predicted octanol–water partition coefficient (Wildman–Crippen LogP) is 2.58. The van der Waals surface area contributed by atoms with Crippen molar-refractivity contribution in [2.24, 2.45) is 0 Å². The molecule has 5 heteroatoms. The number of aromatic nitrogens is 3. The molecular formula is C12H9IN4. The number of nitrogens with zero attached hydrogens (tertiary/aromatic N) is 3. The zero-order chi connectivity index (χ0) is 11.8. The maximum absolute atomic E-state index is 5.96. The summed E-state index contributed by atoms with van der Waals surface area (Å²) in [5, 5.41) is 4.17. The number of anilines is 1. The Balaban J connectivity index is 2.28. The Labute approximate surface area is 112 Å². The van der Waals surface area contributed by atoms with E-state index in [4.69, 9.17) is 5.73 Å². The number of halogens is 1. The van der Waals surface area contributed by atoms with Gasteiger partial charge in [0.15, 0.2) is 5.65 Å². The Morgan fingerprint density at radius 1 is 1.18 bits per heavy atom. The quantitative estimate of drug-likeness (QED) is 0.695. The fourth-order valence-corrected chi connectivity index (χ4v) is 2.19. The molecule has 0 amide bonds. The molecule has 3 rings (SSSR count). The van der Waals surface area contributed by atoms with Crippen LogP contribution in [-0.4, -0.2) is 14.6 Å². The number of nitrogens with two attached hydrogens (primary N) is 1. The Hall–Kier alpha value is -1.63. The summed E-state index contributed by atoms with van der Waals surface area (Å²) in [6, 6.07) is 11.8. The molecule has 2 heterocycles. The largest absolute Gasteiger partial charge is 0.384 e. The molecule has 0 saturated carbocycles. The van der Waals surface area contributed by atoms with E-state index in [9.17, 15) is 0 Å². The van der Waals surface area contributed by atoms with Crippen LogP contribution in [0.4, 0.5) is 5.82 Å². The van der Waals surface area contributed by atoms with Crippen LogP contribution >= 0.6 is 22.6 Å². The minimum Gasteiger partial charge on any atom is -0.384 e. The van der Waals surface area contributed by atoms with Crippen molar-refractivity contribution in [3.05, 3.63) is 46.2 Å². The summed E-state index contributed by atoms with van der Waals surface area (Å²) >= 11 is 2.20. The van der Waals surface area contributed by atoms with E-state index in [-0.39, 0.29) is 0 Å². The summed E-state index contributed by atoms with van der Waals surface area (Å²) < 4.78 is 2.64. The van der Waals surface area contributed by atoms with Crippen LogP contribution in [0.1, 0.15) is 0 Å². The number of hydrogen-bond acceptors (Lipinski definition) is 3. The molecule has 0 bridgehead atoms. The first-order chi connectivity index (χ1) is 8.25. The molecule has 1 aromatic carbocycles. The van der Waals surface area contributed by atoms with Gasteiger partial charge in [0.1, 0.15) is 5.82 Å². The van der Waals surface area contributed by atoms with Crippen molar-refractivity contribution >= 4 is 34.1 Å². The topological polar surface area (TPSA) is 56.2 Å². The van der Waals surface area contributed by atoms with Crippen molar-refractivity contribution in [2.45, 2.75) is 0 Å². The molecule has 0 saturated heterocycles. The van der Waals surface area contributed by atoms with E-state index in [0.717, 1.165) is 20.5 Å². The lowest BCUT2D eigenvalue weighted by Crippen LogP contribution is -2.01. The highest BCUT2D eigenvalue weighted by molar-refractivity contribution is 14.1. The van der Waals surface area contributed by atoms with E-state index in [0.29, 0.717) is 5.82 Å². The standard InChI is InChI=1S/C12H9IN4/c13-9-7-15-17-11(14)6-10(16-12(9)17)8-4-2-1-3-5-8/h1-7H,14H2. The second-order valence-corrected chi connectivity index (χ2v) is 4.82. The molecule has 3 aromatic rings. The maximum atomic E-state index is 5.96. The molecule has 0 fully saturated rings. The molecule has 2 N–H and O–H groups in total. The fraction of sp³-hybridized carbons (Fsp3) is 0. The van der Waals surface area contributed by atoms with Crippen LogP contribution in [0.5, 0.6) is 0 Å². The molecule has 0 radical (unpaired) electrons. The van der Waals surface area contributed by atoms with Gasteiger partial charge in [0, 0.05) is 11.6 Å². The minimum atomic E-state index is 0.594. The third-order valence-corrected chi connectivity index (χ3v) is 3.29. The number of rotatable bonds is 1. The van der Waals surface area contributed by atoms with Crippen molar-refractivity contribution in [1.82, 2.24) is 14.6 Å². The molecule has 0 aliphatic heterocycles.